The molecule has 0 aliphatic carbocycles. The Morgan fingerprint density at radius 3 is 2.19 bits per heavy atom. The minimum atomic E-state index is -4.88. The number of carbonyl (C=O) groups is 1. The van der Waals surface area contributed by atoms with Crippen molar-refractivity contribution >= 4 is 5.78 Å². The molecule has 1 aromatic heterocycles. The summed E-state index contributed by atoms with van der Waals surface area (Å²) in [6.45, 7) is 5.24. The van der Waals surface area contributed by atoms with Gasteiger partial charge in [0.25, 0.3) is 5.56 Å². The van der Waals surface area contributed by atoms with Crippen molar-refractivity contribution in [2.75, 3.05) is 0 Å². The molecule has 0 radical (unpaired) electrons. The SMILES string of the molecule is CC(=O)c1cccc(-c2cccc(-c3cc(C(F)(F)F)c(C#N)c(=O)n3Cc3ccc(C)cc3C)c2)c1. The summed E-state index contributed by atoms with van der Waals surface area (Å²) in [6.07, 6.45) is -4.88. The van der Waals surface area contributed by atoms with E-state index < -0.39 is 22.9 Å². The van der Waals surface area contributed by atoms with Gasteiger partial charge in [-0.05, 0) is 66.8 Å². The van der Waals surface area contributed by atoms with Crippen LogP contribution in [0.15, 0.2) is 77.6 Å². The highest BCUT2D eigenvalue weighted by Crippen LogP contribution is 2.35. The number of hydrogen-bond donors (Lipinski definition) is 0. The number of carbonyl (C=O) groups excluding carboxylic acids is 1. The van der Waals surface area contributed by atoms with Crippen LogP contribution in [-0.2, 0) is 12.7 Å². The fraction of sp³-hybridized carbons (Fsp3) is 0.167. The number of pyridine rings is 1. The lowest BCUT2D eigenvalue weighted by Crippen LogP contribution is -2.29. The lowest BCUT2D eigenvalue weighted by atomic mass is 9.97. The van der Waals surface area contributed by atoms with Gasteiger partial charge >= 0.3 is 6.18 Å². The molecule has 0 N–H and O–H groups in total. The maximum Gasteiger partial charge on any atom is 0.417 e. The highest BCUT2D eigenvalue weighted by atomic mass is 19.4. The summed E-state index contributed by atoms with van der Waals surface area (Å²) in [5.74, 6) is -0.109. The lowest BCUT2D eigenvalue weighted by Gasteiger charge is -2.19. The summed E-state index contributed by atoms with van der Waals surface area (Å²) < 4.78 is 43.0. The highest BCUT2D eigenvalue weighted by Gasteiger charge is 2.36. The Morgan fingerprint density at radius 2 is 1.57 bits per heavy atom. The van der Waals surface area contributed by atoms with Gasteiger partial charge in [0, 0.05) is 5.56 Å². The van der Waals surface area contributed by atoms with Crippen LogP contribution in [0.1, 0.15) is 45.1 Å². The minimum Gasteiger partial charge on any atom is -0.303 e. The Labute approximate surface area is 212 Å². The number of benzene rings is 3. The van der Waals surface area contributed by atoms with Crippen molar-refractivity contribution in [1.29, 1.82) is 5.26 Å². The fourth-order valence-corrected chi connectivity index (χ4v) is 4.34. The van der Waals surface area contributed by atoms with E-state index in [0.717, 1.165) is 22.8 Å². The van der Waals surface area contributed by atoms with E-state index in [9.17, 15) is 28.0 Å². The number of hydrogen-bond acceptors (Lipinski definition) is 3. The van der Waals surface area contributed by atoms with Crippen molar-refractivity contribution in [3.63, 3.8) is 0 Å². The van der Waals surface area contributed by atoms with Crippen LogP contribution in [-0.4, -0.2) is 10.4 Å². The zero-order valence-corrected chi connectivity index (χ0v) is 20.5. The average molecular weight is 501 g/mol. The predicted molar refractivity (Wildman–Crippen MR) is 136 cm³/mol. The molecular formula is C30H23F3N2O2. The zero-order valence-electron chi connectivity index (χ0n) is 20.5. The molecule has 4 nitrogen and oxygen atoms in total. The van der Waals surface area contributed by atoms with Gasteiger partial charge in [-0.3, -0.25) is 9.59 Å². The first-order valence-electron chi connectivity index (χ1n) is 11.5. The maximum absolute atomic E-state index is 13.9. The molecular weight excluding hydrogens is 477 g/mol. The van der Waals surface area contributed by atoms with E-state index in [1.165, 1.54) is 17.6 Å². The van der Waals surface area contributed by atoms with Crippen LogP contribution < -0.4 is 5.56 Å². The van der Waals surface area contributed by atoms with Crippen LogP contribution in [0.5, 0.6) is 0 Å². The monoisotopic (exact) mass is 500 g/mol. The van der Waals surface area contributed by atoms with E-state index >= 15 is 0 Å². The Balaban J connectivity index is 1.97. The molecule has 3 aromatic carbocycles. The number of ketones is 1. The first-order valence-corrected chi connectivity index (χ1v) is 11.5. The third kappa shape index (κ3) is 5.24. The van der Waals surface area contributed by atoms with E-state index in [2.05, 4.69) is 0 Å². The summed E-state index contributed by atoms with van der Waals surface area (Å²) in [4.78, 5) is 25.2. The van der Waals surface area contributed by atoms with Crippen LogP contribution in [0.25, 0.3) is 22.4 Å². The molecule has 186 valence electrons. The van der Waals surface area contributed by atoms with E-state index in [1.807, 2.05) is 32.0 Å². The summed E-state index contributed by atoms with van der Waals surface area (Å²) in [6, 6.07) is 21.7. The molecule has 37 heavy (non-hydrogen) atoms. The average Bonchev–Trinajstić information content (AvgIpc) is 2.85. The number of nitriles is 1. The van der Waals surface area contributed by atoms with Crippen LogP contribution in [0.2, 0.25) is 0 Å². The number of aryl methyl sites for hydroxylation is 2. The van der Waals surface area contributed by atoms with Gasteiger partial charge in [0.2, 0.25) is 0 Å². The standard InChI is InChI=1S/C30H23F3N2O2/c1-18-10-11-25(19(2)12-18)17-35-28(15-27(30(31,32)33)26(16-34)29(35)37)24-9-5-8-23(14-24)22-7-4-6-21(13-22)20(3)36/h4-15H,17H2,1-3H3. The zero-order chi connectivity index (χ0) is 26.9. The molecule has 0 spiro atoms. The van der Waals surface area contributed by atoms with Crippen molar-refractivity contribution in [3.8, 4) is 28.5 Å². The number of aromatic nitrogens is 1. The van der Waals surface area contributed by atoms with Crippen LogP contribution in [0, 0.1) is 25.2 Å². The second kappa shape index (κ2) is 9.90. The molecule has 0 fully saturated rings. The summed E-state index contributed by atoms with van der Waals surface area (Å²) >= 11 is 0. The Morgan fingerprint density at radius 1 is 0.919 bits per heavy atom. The Bertz CT molecular complexity index is 1630. The van der Waals surface area contributed by atoms with Crippen LogP contribution in [0.3, 0.4) is 0 Å². The minimum absolute atomic E-state index is 0.00283. The van der Waals surface area contributed by atoms with E-state index in [1.54, 1.807) is 48.5 Å². The quantitative estimate of drug-likeness (QED) is 0.279. The van der Waals surface area contributed by atoms with Crippen molar-refractivity contribution < 1.29 is 18.0 Å². The largest absolute Gasteiger partial charge is 0.417 e. The molecule has 4 rings (SSSR count). The third-order valence-corrected chi connectivity index (χ3v) is 6.30. The Hall–Kier alpha value is -4.44. The lowest BCUT2D eigenvalue weighted by molar-refractivity contribution is -0.137. The summed E-state index contributed by atoms with van der Waals surface area (Å²) in [7, 11) is 0. The fourth-order valence-electron chi connectivity index (χ4n) is 4.34. The molecule has 1 heterocycles. The molecule has 0 unspecified atom stereocenters. The van der Waals surface area contributed by atoms with Crippen molar-refractivity contribution in [2.45, 2.75) is 33.5 Å². The van der Waals surface area contributed by atoms with E-state index in [-0.39, 0.29) is 18.0 Å². The number of rotatable bonds is 5. The molecule has 0 bridgehead atoms. The van der Waals surface area contributed by atoms with Crippen molar-refractivity contribution in [1.82, 2.24) is 4.57 Å². The second-order valence-electron chi connectivity index (χ2n) is 8.97. The summed E-state index contributed by atoms with van der Waals surface area (Å²) in [5, 5.41) is 9.48. The number of Topliss-reactive ketones (excluding diaryl/α,β-unsaturated/α-hetero) is 1. The molecule has 0 amide bonds. The second-order valence-corrected chi connectivity index (χ2v) is 8.97. The van der Waals surface area contributed by atoms with Gasteiger partial charge < -0.3 is 4.57 Å². The van der Waals surface area contributed by atoms with Crippen LogP contribution >= 0.6 is 0 Å². The van der Waals surface area contributed by atoms with Crippen molar-refractivity contribution in [2.24, 2.45) is 0 Å². The maximum atomic E-state index is 13.9. The topological polar surface area (TPSA) is 62.9 Å². The van der Waals surface area contributed by atoms with Gasteiger partial charge in [-0.1, -0.05) is 60.2 Å². The molecule has 7 heteroatoms. The number of alkyl halides is 3. The molecule has 0 atom stereocenters. The van der Waals surface area contributed by atoms with E-state index in [4.69, 9.17) is 0 Å². The molecule has 0 saturated heterocycles. The van der Waals surface area contributed by atoms with Crippen LogP contribution in [0.4, 0.5) is 13.2 Å². The van der Waals surface area contributed by atoms with Gasteiger partial charge in [0.1, 0.15) is 11.6 Å². The molecule has 0 aliphatic heterocycles. The van der Waals surface area contributed by atoms with Crippen molar-refractivity contribution in [3.05, 3.63) is 117 Å². The molecule has 0 saturated carbocycles. The highest BCUT2D eigenvalue weighted by molar-refractivity contribution is 5.95. The normalized spacial score (nSPS) is 11.3. The van der Waals surface area contributed by atoms with Gasteiger partial charge in [0.15, 0.2) is 5.78 Å². The molecule has 4 aromatic rings. The van der Waals surface area contributed by atoms with Gasteiger partial charge in [-0.25, -0.2) is 0 Å². The number of halogens is 3. The predicted octanol–water partition coefficient (Wildman–Crippen LogP) is 6.94. The summed E-state index contributed by atoms with van der Waals surface area (Å²) in [5.41, 5.74) is 1.74. The first-order chi connectivity index (χ1) is 17.5. The molecule has 0 aliphatic rings. The third-order valence-electron chi connectivity index (χ3n) is 6.30. The number of nitrogens with zero attached hydrogens (tertiary/aromatic N) is 2. The van der Waals surface area contributed by atoms with Gasteiger partial charge in [0.05, 0.1) is 17.8 Å². The Kier molecular flexibility index (Phi) is 6.86. The first kappa shape index (κ1) is 25.6. The van der Waals surface area contributed by atoms with Gasteiger partial charge in [-0.2, -0.15) is 18.4 Å². The smallest absolute Gasteiger partial charge is 0.303 e. The van der Waals surface area contributed by atoms with Gasteiger partial charge in [-0.15, -0.1) is 0 Å². The van der Waals surface area contributed by atoms with E-state index in [0.29, 0.717) is 22.3 Å².